The number of carbonyl (C=O) groups excluding carboxylic acids is 2. The average molecular weight is 654 g/mol. The molecule has 0 aromatic carbocycles. The highest BCUT2D eigenvalue weighted by molar-refractivity contribution is 5.72. The van der Waals surface area contributed by atoms with Gasteiger partial charge in [-0.25, -0.2) is 0 Å². The molecule has 0 spiro atoms. The molecule has 2 atom stereocenters. The number of hydrogen-bond donors (Lipinski definition) is 1. The molecule has 0 heterocycles. The minimum absolute atomic E-state index is 0.0302. The van der Waals surface area contributed by atoms with Crippen LogP contribution in [0.2, 0.25) is 0 Å². The summed E-state index contributed by atoms with van der Waals surface area (Å²) in [6, 6.07) is 0. The van der Waals surface area contributed by atoms with Gasteiger partial charge >= 0.3 is 11.9 Å². The Morgan fingerprint density at radius 1 is 0.457 bits per heavy atom. The zero-order valence-electron chi connectivity index (χ0n) is 31.3. The third-order valence-electron chi connectivity index (χ3n) is 9.40. The Kier molecular flexibility index (Phi) is 34.3. The topological polar surface area (TPSA) is 76.1 Å². The molecule has 0 saturated carbocycles. The summed E-state index contributed by atoms with van der Waals surface area (Å²) in [5.41, 5.74) is 0. The van der Waals surface area contributed by atoms with Crippen LogP contribution in [0.15, 0.2) is 0 Å². The molecule has 274 valence electrons. The molecule has 0 aromatic heterocycles. The molecule has 0 saturated heterocycles. The first-order chi connectivity index (χ1) is 22.5. The van der Waals surface area contributed by atoms with E-state index in [9.17, 15) is 14.7 Å². The van der Waals surface area contributed by atoms with Gasteiger partial charge in [0.1, 0.15) is 0 Å². The van der Waals surface area contributed by atoms with Gasteiger partial charge in [-0.15, -0.1) is 0 Å². The summed E-state index contributed by atoms with van der Waals surface area (Å²) < 4.78 is 11.4. The standard InChI is InChI=1S/C40H79NO5/c1-5-9-13-15-21-30-38(28-12-8-4)40(44)46-36-25-19-17-23-32-41(33-26-34-42)31-22-16-18-24-35-45-39(43)37(27-11-7-3)29-20-14-10-6-2/h37-38,42H,5-36H2,1-4H3. The number of hydrogen-bond acceptors (Lipinski definition) is 6. The molecule has 0 bridgehead atoms. The van der Waals surface area contributed by atoms with Gasteiger partial charge in [0.05, 0.1) is 25.0 Å². The minimum atomic E-state index is 0.0302. The SMILES string of the molecule is CCCCCCCC(CCCC)C(=O)OCCCCCCN(CCCO)CCCCCCOC(=O)C(CCCC)CCCCCC. The van der Waals surface area contributed by atoms with Gasteiger partial charge in [-0.3, -0.25) is 9.59 Å². The van der Waals surface area contributed by atoms with Gasteiger partial charge in [-0.2, -0.15) is 0 Å². The van der Waals surface area contributed by atoms with E-state index in [0.717, 1.165) is 142 Å². The Hall–Kier alpha value is -1.14. The van der Waals surface area contributed by atoms with Gasteiger partial charge < -0.3 is 19.5 Å². The number of esters is 2. The van der Waals surface area contributed by atoms with Crippen LogP contribution < -0.4 is 0 Å². The van der Waals surface area contributed by atoms with Crippen molar-refractivity contribution >= 4 is 11.9 Å². The van der Waals surface area contributed by atoms with Crippen molar-refractivity contribution in [3.8, 4) is 0 Å². The monoisotopic (exact) mass is 654 g/mol. The lowest BCUT2D eigenvalue weighted by molar-refractivity contribution is -0.150. The Bertz CT molecular complexity index is 658. The van der Waals surface area contributed by atoms with Gasteiger partial charge in [0.25, 0.3) is 0 Å². The lowest BCUT2D eigenvalue weighted by Crippen LogP contribution is -2.28. The summed E-state index contributed by atoms with van der Waals surface area (Å²) in [6.45, 7) is 13.3. The van der Waals surface area contributed by atoms with Crippen molar-refractivity contribution in [3.05, 3.63) is 0 Å². The van der Waals surface area contributed by atoms with Crippen LogP contribution in [-0.4, -0.2) is 61.4 Å². The first kappa shape index (κ1) is 44.9. The molecule has 0 radical (unpaired) electrons. The highest BCUT2D eigenvalue weighted by atomic mass is 16.5. The highest BCUT2D eigenvalue weighted by Crippen LogP contribution is 2.21. The number of ether oxygens (including phenoxy) is 2. The van der Waals surface area contributed by atoms with E-state index in [1.54, 1.807) is 0 Å². The molecule has 1 N–H and O–H groups in total. The van der Waals surface area contributed by atoms with E-state index < -0.39 is 0 Å². The van der Waals surface area contributed by atoms with E-state index in [-0.39, 0.29) is 30.4 Å². The predicted octanol–water partition coefficient (Wildman–Crippen LogP) is 10.8. The molecule has 0 aliphatic rings. The van der Waals surface area contributed by atoms with E-state index in [1.165, 1.54) is 44.9 Å². The second kappa shape index (κ2) is 35.2. The van der Waals surface area contributed by atoms with E-state index in [0.29, 0.717) is 13.2 Å². The number of nitrogens with zero attached hydrogens (tertiary/aromatic N) is 1. The van der Waals surface area contributed by atoms with Crippen LogP contribution in [0.5, 0.6) is 0 Å². The fourth-order valence-corrected chi connectivity index (χ4v) is 6.27. The van der Waals surface area contributed by atoms with Crippen molar-refractivity contribution in [2.75, 3.05) is 39.5 Å². The molecule has 6 heteroatoms. The second-order valence-corrected chi connectivity index (χ2v) is 13.8. The first-order valence-electron chi connectivity index (χ1n) is 20.2. The quantitative estimate of drug-likeness (QED) is 0.0536. The molecule has 0 aliphatic heterocycles. The molecule has 6 nitrogen and oxygen atoms in total. The predicted molar refractivity (Wildman–Crippen MR) is 195 cm³/mol. The molecule has 46 heavy (non-hydrogen) atoms. The molecule has 0 amide bonds. The van der Waals surface area contributed by atoms with Gasteiger partial charge in [-0.1, -0.05) is 137 Å². The molecule has 0 fully saturated rings. The van der Waals surface area contributed by atoms with Crippen LogP contribution in [0.1, 0.15) is 195 Å². The van der Waals surface area contributed by atoms with Crippen molar-refractivity contribution in [1.82, 2.24) is 4.90 Å². The third kappa shape index (κ3) is 27.9. The zero-order chi connectivity index (χ0) is 33.9. The smallest absolute Gasteiger partial charge is 0.308 e. The molecule has 0 aromatic rings. The van der Waals surface area contributed by atoms with Gasteiger partial charge in [0.15, 0.2) is 0 Å². The second-order valence-electron chi connectivity index (χ2n) is 13.8. The van der Waals surface area contributed by atoms with Crippen molar-refractivity contribution in [2.24, 2.45) is 11.8 Å². The van der Waals surface area contributed by atoms with Crippen LogP contribution in [-0.2, 0) is 19.1 Å². The first-order valence-corrected chi connectivity index (χ1v) is 20.2. The Balaban J connectivity index is 4.13. The maximum absolute atomic E-state index is 12.7. The summed E-state index contributed by atoms with van der Waals surface area (Å²) in [4.78, 5) is 27.9. The minimum Gasteiger partial charge on any atom is -0.465 e. The normalized spacial score (nSPS) is 12.8. The van der Waals surface area contributed by atoms with Crippen LogP contribution in [0.4, 0.5) is 0 Å². The van der Waals surface area contributed by atoms with Gasteiger partial charge in [0, 0.05) is 13.2 Å². The van der Waals surface area contributed by atoms with Crippen molar-refractivity contribution in [1.29, 1.82) is 0 Å². The maximum Gasteiger partial charge on any atom is 0.308 e. The van der Waals surface area contributed by atoms with E-state index in [4.69, 9.17) is 9.47 Å². The van der Waals surface area contributed by atoms with Crippen molar-refractivity contribution < 1.29 is 24.2 Å². The Labute approximate surface area is 286 Å². The largest absolute Gasteiger partial charge is 0.465 e. The molecule has 2 unspecified atom stereocenters. The number of aliphatic hydroxyl groups excluding tert-OH is 1. The highest BCUT2D eigenvalue weighted by Gasteiger charge is 2.20. The zero-order valence-corrected chi connectivity index (χ0v) is 31.3. The molecule has 0 aliphatic carbocycles. The maximum atomic E-state index is 12.7. The van der Waals surface area contributed by atoms with Crippen LogP contribution in [0.3, 0.4) is 0 Å². The lowest BCUT2D eigenvalue weighted by Gasteiger charge is -2.22. The fourth-order valence-electron chi connectivity index (χ4n) is 6.27. The summed E-state index contributed by atoms with van der Waals surface area (Å²) in [5, 5.41) is 9.36. The average Bonchev–Trinajstić information content (AvgIpc) is 3.06. The van der Waals surface area contributed by atoms with E-state index in [2.05, 4.69) is 32.6 Å². The number of unbranched alkanes of at least 4 members (excludes halogenated alkanes) is 15. The van der Waals surface area contributed by atoms with Crippen LogP contribution in [0, 0.1) is 11.8 Å². The van der Waals surface area contributed by atoms with Crippen molar-refractivity contribution in [3.63, 3.8) is 0 Å². The van der Waals surface area contributed by atoms with Crippen molar-refractivity contribution in [2.45, 2.75) is 195 Å². The number of carbonyl (C=O) groups is 2. The third-order valence-corrected chi connectivity index (χ3v) is 9.40. The van der Waals surface area contributed by atoms with Gasteiger partial charge in [0.2, 0.25) is 0 Å². The van der Waals surface area contributed by atoms with Crippen LogP contribution >= 0.6 is 0 Å². The summed E-state index contributed by atoms with van der Waals surface area (Å²) in [5.74, 6) is 0.239. The summed E-state index contributed by atoms with van der Waals surface area (Å²) in [6.07, 6.45) is 28.9. The number of aliphatic hydroxyl groups is 1. The molecule has 0 rings (SSSR count). The molecular formula is C40H79NO5. The Morgan fingerprint density at radius 3 is 1.24 bits per heavy atom. The fraction of sp³-hybridized carbons (Fsp3) is 0.950. The Morgan fingerprint density at radius 2 is 0.804 bits per heavy atom. The van der Waals surface area contributed by atoms with E-state index >= 15 is 0 Å². The van der Waals surface area contributed by atoms with Crippen LogP contribution in [0.25, 0.3) is 0 Å². The lowest BCUT2D eigenvalue weighted by atomic mass is 9.95. The summed E-state index contributed by atoms with van der Waals surface area (Å²) >= 11 is 0. The summed E-state index contributed by atoms with van der Waals surface area (Å²) in [7, 11) is 0. The van der Waals surface area contributed by atoms with E-state index in [1.807, 2.05) is 0 Å². The molecular weight excluding hydrogens is 574 g/mol. The van der Waals surface area contributed by atoms with Gasteiger partial charge in [-0.05, 0) is 70.9 Å². The number of rotatable bonds is 36.